The van der Waals surface area contributed by atoms with E-state index in [4.69, 9.17) is 17.3 Å². The van der Waals surface area contributed by atoms with Crippen LogP contribution in [0.5, 0.6) is 0 Å². The summed E-state index contributed by atoms with van der Waals surface area (Å²) in [7, 11) is -1.05. The normalized spacial score (nSPS) is 13.0. The standard InChI is InChI=1S/C12H18ClNOS/c1-3-9(4-2)8-16(15)12-7-10(14)5-6-11(12)13/h5-7,9H,3-4,8,14H2,1-2H3. The highest BCUT2D eigenvalue weighted by molar-refractivity contribution is 7.85. The van der Waals surface area contributed by atoms with Gasteiger partial charge in [-0.05, 0) is 24.1 Å². The second kappa shape index (κ2) is 6.26. The number of halogens is 1. The smallest absolute Gasteiger partial charge is 0.0594 e. The lowest BCUT2D eigenvalue weighted by atomic mass is 10.1. The molecule has 4 heteroatoms. The zero-order valence-corrected chi connectivity index (χ0v) is 11.3. The Hall–Kier alpha value is -0.540. The molecule has 1 aromatic rings. The average molecular weight is 260 g/mol. The van der Waals surface area contributed by atoms with Gasteiger partial charge in [-0.25, -0.2) is 0 Å². The fraction of sp³-hybridized carbons (Fsp3) is 0.500. The molecule has 0 spiro atoms. The van der Waals surface area contributed by atoms with Gasteiger partial charge in [-0.15, -0.1) is 0 Å². The molecule has 0 aliphatic rings. The lowest BCUT2D eigenvalue weighted by molar-refractivity contribution is 0.545. The van der Waals surface area contributed by atoms with Crippen molar-refractivity contribution in [1.29, 1.82) is 0 Å². The molecule has 0 saturated heterocycles. The van der Waals surface area contributed by atoms with Crippen molar-refractivity contribution in [2.45, 2.75) is 31.6 Å². The van der Waals surface area contributed by atoms with Crippen molar-refractivity contribution in [2.24, 2.45) is 5.92 Å². The molecular formula is C12H18ClNOS. The van der Waals surface area contributed by atoms with Crippen LogP contribution in [0.3, 0.4) is 0 Å². The number of nitrogen functional groups attached to an aromatic ring is 1. The van der Waals surface area contributed by atoms with Crippen LogP contribution in [0.4, 0.5) is 5.69 Å². The molecular weight excluding hydrogens is 242 g/mol. The molecule has 0 aliphatic carbocycles. The van der Waals surface area contributed by atoms with E-state index in [0.29, 0.717) is 27.3 Å². The maximum Gasteiger partial charge on any atom is 0.0594 e. The van der Waals surface area contributed by atoms with Crippen molar-refractivity contribution < 1.29 is 4.21 Å². The van der Waals surface area contributed by atoms with Gasteiger partial charge in [-0.1, -0.05) is 38.3 Å². The monoisotopic (exact) mass is 259 g/mol. The lowest BCUT2D eigenvalue weighted by Crippen LogP contribution is -2.10. The average Bonchev–Trinajstić information content (AvgIpc) is 2.28. The molecule has 0 aliphatic heterocycles. The van der Waals surface area contributed by atoms with Crippen LogP contribution in [0, 0.1) is 5.92 Å². The molecule has 1 rings (SSSR count). The maximum atomic E-state index is 12.1. The number of rotatable bonds is 5. The van der Waals surface area contributed by atoms with Crippen molar-refractivity contribution in [3.05, 3.63) is 23.2 Å². The van der Waals surface area contributed by atoms with Gasteiger partial charge >= 0.3 is 0 Å². The first-order chi connectivity index (χ1) is 7.58. The largest absolute Gasteiger partial charge is 0.399 e. The second-order valence-corrected chi connectivity index (χ2v) is 5.76. The first-order valence-electron chi connectivity index (χ1n) is 5.51. The minimum Gasteiger partial charge on any atom is -0.399 e. The highest BCUT2D eigenvalue weighted by Crippen LogP contribution is 2.24. The molecule has 0 saturated carbocycles. The molecule has 2 nitrogen and oxygen atoms in total. The molecule has 0 amide bonds. The van der Waals surface area contributed by atoms with Crippen molar-refractivity contribution in [3.63, 3.8) is 0 Å². The summed E-state index contributed by atoms with van der Waals surface area (Å²) >= 11 is 6.01. The number of anilines is 1. The van der Waals surface area contributed by atoms with Crippen molar-refractivity contribution in [3.8, 4) is 0 Å². The molecule has 0 heterocycles. The van der Waals surface area contributed by atoms with Crippen molar-refractivity contribution >= 4 is 28.1 Å². The Morgan fingerprint density at radius 3 is 2.56 bits per heavy atom. The van der Waals surface area contributed by atoms with Crippen LogP contribution in [0.25, 0.3) is 0 Å². The number of benzene rings is 1. The zero-order valence-electron chi connectivity index (χ0n) is 9.70. The topological polar surface area (TPSA) is 43.1 Å². The van der Waals surface area contributed by atoms with E-state index in [-0.39, 0.29) is 0 Å². The minimum absolute atomic E-state index is 0.485. The van der Waals surface area contributed by atoms with Gasteiger partial charge in [0.05, 0.1) is 20.7 Å². The fourth-order valence-electron chi connectivity index (χ4n) is 1.52. The van der Waals surface area contributed by atoms with Gasteiger partial charge < -0.3 is 5.73 Å². The first-order valence-corrected chi connectivity index (χ1v) is 7.21. The molecule has 1 atom stereocenters. The number of hydrogen-bond acceptors (Lipinski definition) is 2. The Morgan fingerprint density at radius 1 is 1.38 bits per heavy atom. The van der Waals surface area contributed by atoms with E-state index in [0.717, 1.165) is 12.8 Å². The van der Waals surface area contributed by atoms with E-state index >= 15 is 0 Å². The molecule has 0 fully saturated rings. The summed E-state index contributed by atoms with van der Waals surface area (Å²) in [6.45, 7) is 4.23. The fourth-order valence-corrected chi connectivity index (χ4v) is 3.53. The Morgan fingerprint density at radius 2 is 2.00 bits per heavy atom. The van der Waals surface area contributed by atoms with E-state index in [1.54, 1.807) is 18.2 Å². The molecule has 1 aromatic carbocycles. The third-order valence-electron chi connectivity index (χ3n) is 2.74. The van der Waals surface area contributed by atoms with Crippen LogP contribution >= 0.6 is 11.6 Å². The van der Waals surface area contributed by atoms with Crippen LogP contribution in [0.1, 0.15) is 26.7 Å². The third kappa shape index (κ3) is 3.49. The summed E-state index contributed by atoms with van der Waals surface area (Å²) in [4.78, 5) is 0.661. The second-order valence-electron chi connectivity index (χ2n) is 3.88. The van der Waals surface area contributed by atoms with Gasteiger partial charge in [-0.3, -0.25) is 4.21 Å². The van der Waals surface area contributed by atoms with Gasteiger partial charge in [0.1, 0.15) is 0 Å². The third-order valence-corrected chi connectivity index (χ3v) is 4.79. The summed E-state index contributed by atoms with van der Waals surface area (Å²) < 4.78 is 12.1. The van der Waals surface area contributed by atoms with E-state index in [2.05, 4.69) is 13.8 Å². The van der Waals surface area contributed by atoms with Gasteiger partial charge in [0.15, 0.2) is 0 Å². The Bertz CT molecular complexity index is 377. The van der Waals surface area contributed by atoms with E-state index in [1.807, 2.05) is 0 Å². The van der Waals surface area contributed by atoms with Gasteiger partial charge in [-0.2, -0.15) is 0 Å². The molecule has 1 unspecified atom stereocenters. The van der Waals surface area contributed by atoms with Crippen LogP contribution in [0.15, 0.2) is 23.1 Å². The first kappa shape index (κ1) is 13.5. The minimum atomic E-state index is -1.05. The van der Waals surface area contributed by atoms with E-state index in [9.17, 15) is 4.21 Å². The van der Waals surface area contributed by atoms with Crippen LogP contribution in [0.2, 0.25) is 5.02 Å². The number of nitrogens with two attached hydrogens (primary N) is 1. The zero-order chi connectivity index (χ0) is 12.1. The van der Waals surface area contributed by atoms with Crippen LogP contribution in [-0.4, -0.2) is 9.96 Å². The van der Waals surface area contributed by atoms with Crippen molar-refractivity contribution in [1.82, 2.24) is 0 Å². The number of hydrogen-bond donors (Lipinski definition) is 1. The van der Waals surface area contributed by atoms with Gasteiger partial charge in [0.25, 0.3) is 0 Å². The Labute approximate surface area is 105 Å². The quantitative estimate of drug-likeness (QED) is 0.823. The SMILES string of the molecule is CCC(CC)CS(=O)c1cc(N)ccc1Cl. The summed E-state index contributed by atoms with van der Waals surface area (Å²) in [6, 6.07) is 5.14. The van der Waals surface area contributed by atoms with Crippen molar-refractivity contribution in [2.75, 3.05) is 11.5 Å². The van der Waals surface area contributed by atoms with Crippen LogP contribution in [-0.2, 0) is 10.8 Å². The summed E-state index contributed by atoms with van der Waals surface area (Å²) in [5.41, 5.74) is 6.28. The van der Waals surface area contributed by atoms with E-state index < -0.39 is 10.8 Å². The van der Waals surface area contributed by atoms with Crippen LogP contribution < -0.4 is 5.73 Å². The molecule has 0 bridgehead atoms. The summed E-state index contributed by atoms with van der Waals surface area (Å²) in [6.07, 6.45) is 2.09. The predicted molar refractivity (Wildman–Crippen MR) is 71.2 cm³/mol. The van der Waals surface area contributed by atoms with E-state index in [1.165, 1.54) is 0 Å². The highest BCUT2D eigenvalue weighted by Gasteiger charge is 2.13. The highest BCUT2D eigenvalue weighted by atomic mass is 35.5. The van der Waals surface area contributed by atoms with Gasteiger partial charge in [0.2, 0.25) is 0 Å². The molecule has 0 radical (unpaired) electrons. The maximum absolute atomic E-state index is 12.1. The summed E-state index contributed by atoms with van der Waals surface area (Å²) in [5, 5.41) is 0.540. The molecule has 2 N–H and O–H groups in total. The lowest BCUT2D eigenvalue weighted by Gasteiger charge is -2.12. The molecule has 0 aromatic heterocycles. The Balaban J connectivity index is 2.83. The Kier molecular flexibility index (Phi) is 5.29. The molecule has 90 valence electrons. The summed E-state index contributed by atoms with van der Waals surface area (Å²) in [5.74, 6) is 1.15. The van der Waals surface area contributed by atoms with Gasteiger partial charge in [0, 0.05) is 11.4 Å². The molecule has 16 heavy (non-hydrogen) atoms. The predicted octanol–water partition coefficient (Wildman–Crippen LogP) is 3.47.